The minimum absolute atomic E-state index is 0.668. The molecular weight excluding hydrogens is 308 g/mol. The lowest BCUT2D eigenvalue weighted by molar-refractivity contribution is 0.966. The zero-order chi connectivity index (χ0) is 17.1. The average molecular weight is 328 g/mol. The van der Waals surface area contributed by atoms with Crippen LogP contribution in [0.5, 0.6) is 0 Å². The Morgan fingerprint density at radius 2 is 1.84 bits per heavy atom. The standard InChI is InChI=1S/C21H20N4/c1-2-13-22-19-15-20(24-21(23-19)17-9-4-3-5-10-17)25-14-12-16-8-6-7-11-18(16)25/h2-11,15H,1,12-14H2,(H,22,23,24). The third-order valence-corrected chi connectivity index (χ3v) is 4.34. The van der Waals surface area contributed by atoms with Gasteiger partial charge in [0, 0.05) is 30.4 Å². The number of anilines is 3. The van der Waals surface area contributed by atoms with Gasteiger partial charge in [0.05, 0.1) is 0 Å². The van der Waals surface area contributed by atoms with Crippen LogP contribution >= 0.6 is 0 Å². The van der Waals surface area contributed by atoms with Crippen molar-refractivity contribution in [3.63, 3.8) is 0 Å². The molecule has 4 heteroatoms. The zero-order valence-electron chi connectivity index (χ0n) is 14.0. The molecule has 0 amide bonds. The van der Waals surface area contributed by atoms with Crippen molar-refractivity contribution in [3.8, 4) is 11.4 Å². The summed E-state index contributed by atoms with van der Waals surface area (Å²) in [6.45, 7) is 5.37. The lowest BCUT2D eigenvalue weighted by atomic mass is 10.2. The van der Waals surface area contributed by atoms with Crippen LogP contribution in [0.15, 0.2) is 73.3 Å². The Labute approximate surface area is 147 Å². The highest BCUT2D eigenvalue weighted by Crippen LogP contribution is 2.34. The van der Waals surface area contributed by atoms with Gasteiger partial charge in [0.25, 0.3) is 0 Å². The number of nitrogens with one attached hydrogen (secondary N) is 1. The number of rotatable bonds is 5. The third-order valence-electron chi connectivity index (χ3n) is 4.34. The van der Waals surface area contributed by atoms with Crippen LogP contribution in [0.1, 0.15) is 5.56 Å². The van der Waals surface area contributed by atoms with Gasteiger partial charge >= 0.3 is 0 Å². The van der Waals surface area contributed by atoms with Gasteiger partial charge in [-0.3, -0.25) is 0 Å². The Kier molecular flexibility index (Phi) is 4.17. The summed E-state index contributed by atoms with van der Waals surface area (Å²) in [5.41, 5.74) is 3.61. The SMILES string of the molecule is C=CCNc1cc(N2CCc3ccccc32)nc(-c2ccccc2)n1. The van der Waals surface area contributed by atoms with Gasteiger partial charge in [-0.15, -0.1) is 6.58 Å². The van der Waals surface area contributed by atoms with Crippen molar-refractivity contribution in [2.75, 3.05) is 23.3 Å². The summed E-state index contributed by atoms with van der Waals surface area (Å²) in [5.74, 6) is 2.47. The van der Waals surface area contributed by atoms with E-state index in [1.165, 1.54) is 11.3 Å². The second kappa shape index (κ2) is 6.77. The first kappa shape index (κ1) is 15.4. The molecule has 0 saturated carbocycles. The van der Waals surface area contributed by atoms with E-state index in [2.05, 4.69) is 46.0 Å². The van der Waals surface area contributed by atoms with Crippen LogP contribution in [0.3, 0.4) is 0 Å². The number of benzene rings is 2. The van der Waals surface area contributed by atoms with E-state index in [4.69, 9.17) is 4.98 Å². The molecule has 0 saturated heterocycles. The molecule has 124 valence electrons. The second-order valence-electron chi connectivity index (χ2n) is 6.00. The van der Waals surface area contributed by atoms with Crippen molar-refractivity contribution in [1.29, 1.82) is 0 Å². The first-order chi connectivity index (χ1) is 12.3. The summed E-state index contributed by atoms with van der Waals surface area (Å²) in [4.78, 5) is 11.8. The van der Waals surface area contributed by atoms with Crippen molar-refractivity contribution in [2.45, 2.75) is 6.42 Å². The number of aromatic nitrogens is 2. The van der Waals surface area contributed by atoms with Gasteiger partial charge < -0.3 is 10.2 Å². The molecular formula is C21H20N4. The molecule has 1 aromatic heterocycles. The van der Waals surface area contributed by atoms with Crippen LogP contribution in [0.4, 0.5) is 17.3 Å². The molecule has 0 fully saturated rings. The maximum atomic E-state index is 4.84. The van der Waals surface area contributed by atoms with Gasteiger partial charge in [0.2, 0.25) is 0 Å². The Morgan fingerprint density at radius 3 is 2.68 bits per heavy atom. The number of hydrogen-bond donors (Lipinski definition) is 1. The van der Waals surface area contributed by atoms with E-state index >= 15 is 0 Å². The molecule has 0 spiro atoms. The average Bonchev–Trinajstić information content (AvgIpc) is 3.11. The molecule has 0 unspecified atom stereocenters. The van der Waals surface area contributed by atoms with Gasteiger partial charge in [-0.25, -0.2) is 9.97 Å². The van der Waals surface area contributed by atoms with Crippen LogP contribution < -0.4 is 10.2 Å². The van der Waals surface area contributed by atoms with Gasteiger partial charge in [-0.1, -0.05) is 54.6 Å². The van der Waals surface area contributed by atoms with Crippen molar-refractivity contribution < 1.29 is 0 Å². The molecule has 2 heterocycles. The van der Waals surface area contributed by atoms with Crippen LogP contribution in [0, 0.1) is 0 Å². The monoisotopic (exact) mass is 328 g/mol. The molecule has 1 N–H and O–H groups in total. The minimum Gasteiger partial charge on any atom is -0.366 e. The number of fused-ring (bicyclic) bond motifs is 1. The fourth-order valence-electron chi connectivity index (χ4n) is 3.13. The molecule has 1 aliphatic heterocycles. The highest BCUT2D eigenvalue weighted by Gasteiger charge is 2.22. The predicted octanol–water partition coefficient (Wildman–Crippen LogP) is 4.44. The highest BCUT2D eigenvalue weighted by atomic mass is 15.2. The Bertz CT molecular complexity index is 889. The highest BCUT2D eigenvalue weighted by molar-refractivity contribution is 5.71. The predicted molar refractivity (Wildman–Crippen MR) is 103 cm³/mol. The topological polar surface area (TPSA) is 41.0 Å². The largest absolute Gasteiger partial charge is 0.366 e. The van der Waals surface area contributed by atoms with Crippen molar-refractivity contribution >= 4 is 17.3 Å². The van der Waals surface area contributed by atoms with E-state index in [1.54, 1.807) is 0 Å². The van der Waals surface area contributed by atoms with Crippen molar-refractivity contribution in [2.24, 2.45) is 0 Å². The number of hydrogen-bond acceptors (Lipinski definition) is 4. The van der Waals surface area contributed by atoms with E-state index in [-0.39, 0.29) is 0 Å². The Morgan fingerprint density at radius 1 is 1.04 bits per heavy atom. The summed E-state index contributed by atoms with van der Waals surface area (Å²) >= 11 is 0. The van der Waals surface area contributed by atoms with E-state index in [0.717, 1.165) is 36.0 Å². The van der Waals surface area contributed by atoms with Crippen molar-refractivity contribution in [3.05, 3.63) is 78.9 Å². The van der Waals surface area contributed by atoms with Crippen LogP contribution in [-0.2, 0) is 6.42 Å². The molecule has 2 aromatic carbocycles. The molecule has 0 atom stereocenters. The molecule has 4 rings (SSSR count). The fraction of sp³-hybridized carbons (Fsp3) is 0.143. The van der Waals surface area contributed by atoms with Gasteiger partial charge in [-0.2, -0.15) is 0 Å². The molecule has 4 nitrogen and oxygen atoms in total. The lowest BCUT2D eigenvalue weighted by Gasteiger charge is -2.20. The first-order valence-corrected chi connectivity index (χ1v) is 8.50. The Hall–Kier alpha value is -3.14. The van der Waals surface area contributed by atoms with Crippen LogP contribution in [0.2, 0.25) is 0 Å². The summed E-state index contributed by atoms with van der Waals surface area (Å²) in [7, 11) is 0. The van der Waals surface area contributed by atoms with E-state index in [9.17, 15) is 0 Å². The maximum absolute atomic E-state index is 4.84. The summed E-state index contributed by atoms with van der Waals surface area (Å²) in [5, 5.41) is 3.30. The normalized spacial score (nSPS) is 12.7. The van der Waals surface area contributed by atoms with E-state index in [1.807, 2.05) is 42.5 Å². The molecule has 25 heavy (non-hydrogen) atoms. The van der Waals surface area contributed by atoms with E-state index < -0.39 is 0 Å². The van der Waals surface area contributed by atoms with Crippen LogP contribution in [0.25, 0.3) is 11.4 Å². The molecule has 0 bridgehead atoms. The lowest BCUT2D eigenvalue weighted by Crippen LogP contribution is -2.16. The van der Waals surface area contributed by atoms with E-state index in [0.29, 0.717) is 6.54 Å². The Balaban J connectivity index is 1.78. The summed E-state index contributed by atoms with van der Waals surface area (Å²) in [6, 6.07) is 20.6. The zero-order valence-corrected chi connectivity index (χ0v) is 14.0. The minimum atomic E-state index is 0.668. The number of nitrogens with zero attached hydrogens (tertiary/aromatic N) is 3. The first-order valence-electron chi connectivity index (χ1n) is 8.50. The summed E-state index contributed by atoms with van der Waals surface area (Å²) < 4.78 is 0. The van der Waals surface area contributed by atoms with Gasteiger partial charge in [0.15, 0.2) is 5.82 Å². The molecule has 0 aliphatic carbocycles. The molecule has 3 aromatic rings. The maximum Gasteiger partial charge on any atom is 0.163 e. The quantitative estimate of drug-likeness (QED) is 0.703. The number of para-hydroxylation sites is 1. The summed E-state index contributed by atoms with van der Waals surface area (Å²) in [6.07, 6.45) is 2.87. The fourth-order valence-corrected chi connectivity index (χ4v) is 3.13. The smallest absolute Gasteiger partial charge is 0.163 e. The third kappa shape index (κ3) is 3.11. The van der Waals surface area contributed by atoms with Crippen molar-refractivity contribution in [1.82, 2.24) is 9.97 Å². The molecule has 0 radical (unpaired) electrons. The van der Waals surface area contributed by atoms with Crippen LogP contribution in [-0.4, -0.2) is 23.1 Å². The molecule has 1 aliphatic rings. The van der Waals surface area contributed by atoms with Gasteiger partial charge in [-0.05, 0) is 18.1 Å². The van der Waals surface area contributed by atoms with Gasteiger partial charge in [0.1, 0.15) is 11.6 Å². The second-order valence-corrected chi connectivity index (χ2v) is 6.00.